The van der Waals surface area contributed by atoms with Crippen molar-refractivity contribution in [2.24, 2.45) is 11.5 Å². The molecule has 0 unspecified atom stereocenters. The van der Waals surface area contributed by atoms with Crippen LogP contribution < -0.4 is 16.8 Å². The van der Waals surface area contributed by atoms with E-state index in [1.807, 2.05) is 0 Å². The Bertz CT molecular complexity index is 161. The molecular weight excluding hydrogens is 339 g/mol. The number of hydrogen-bond donors (Lipinski definition) is 3. The summed E-state index contributed by atoms with van der Waals surface area (Å²) in [5.74, 6) is 4.74. The first-order valence-electron chi connectivity index (χ1n) is 5.49. The molecule has 96 valence electrons. The van der Waals surface area contributed by atoms with Crippen LogP contribution in [-0.2, 0) is 0 Å². The van der Waals surface area contributed by atoms with Gasteiger partial charge >= 0.3 is 115 Å². The van der Waals surface area contributed by atoms with Crippen molar-refractivity contribution in [3.8, 4) is 0 Å². The van der Waals surface area contributed by atoms with Crippen LogP contribution in [0.5, 0.6) is 0 Å². The Morgan fingerprint density at radius 1 is 1.00 bits per heavy atom. The van der Waals surface area contributed by atoms with Gasteiger partial charge in [0.1, 0.15) is 0 Å². The topological polar surface area (TPSA) is 64.1 Å². The van der Waals surface area contributed by atoms with Gasteiger partial charge in [-0.25, -0.2) is 0 Å². The third kappa shape index (κ3) is 6.13. The third-order valence-corrected chi connectivity index (χ3v) is 41.1. The summed E-state index contributed by atoms with van der Waals surface area (Å²) in [6, 6.07) is 0. The summed E-state index contributed by atoms with van der Waals surface area (Å²) >= 11 is 0. The van der Waals surface area contributed by atoms with Gasteiger partial charge in [0.25, 0.3) is 0 Å². The fourth-order valence-corrected chi connectivity index (χ4v) is 39.1. The molecule has 0 atom stereocenters. The van der Waals surface area contributed by atoms with E-state index in [1.54, 1.807) is 0 Å². The van der Waals surface area contributed by atoms with Crippen LogP contribution in [0.15, 0.2) is 0 Å². The summed E-state index contributed by atoms with van der Waals surface area (Å²) in [4.78, 5) is 0. The maximum atomic E-state index is 5.65. The van der Waals surface area contributed by atoms with Crippen LogP contribution in [-0.4, -0.2) is 57.9 Å². The van der Waals surface area contributed by atoms with E-state index in [-0.39, 0.29) is 0 Å². The second-order valence-corrected chi connectivity index (χ2v) is 36.2. The van der Waals surface area contributed by atoms with E-state index in [4.69, 9.17) is 11.5 Å². The van der Waals surface area contributed by atoms with Crippen LogP contribution in [0.1, 0.15) is 0 Å². The van der Waals surface area contributed by atoms with Crippen molar-refractivity contribution in [2.45, 2.75) is 0 Å². The molecule has 0 radical (unpaired) electrons. The predicted octanol–water partition coefficient (Wildman–Crippen LogP) is 0.875. The molecule has 0 aliphatic carbocycles. The van der Waals surface area contributed by atoms with Gasteiger partial charge < -0.3 is 0 Å². The first-order chi connectivity index (χ1) is 7.83. The van der Waals surface area contributed by atoms with E-state index in [9.17, 15) is 0 Å². The Balaban J connectivity index is 2.49. The molecule has 16 heavy (non-hydrogen) atoms. The second kappa shape index (κ2) is 9.71. The van der Waals surface area contributed by atoms with Gasteiger partial charge in [0.05, 0.1) is 0 Å². The number of hydrogen-bond acceptors (Lipinski definition) is 7. The van der Waals surface area contributed by atoms with Gasteiger partial charge in [-0.2, -0.15) is 0 Å². The standard InChI is InChI=1S/C8H21GeN3S4/c10-1-5-13-9(14-6-2-11)15-7-3-12-4-8-16-9/h12H,1-8,10-11H2. The Labute approximate surface area is 114 Å². The van der Waals surface area contributed by atoms with Crippen molar-refractivity contribution in [3.05, 3.63) is 0 Å². The Morgan fingerprint density at radius 2 is 1.50 bits per heavy atom. The van der Waals surface area contributed by atoms with Crippen LogP contribution in [0.25, 0.3) is 0 Å². The van der Waals surface area contributed by atoms with Crippen LogP contribution >= 0.6 is 40.3 Å². The fourth-order valence-electron chi connectivity index (χ4n) is 1.24. The average molecular weight is 360 g/mol. The molecule has 0 amide bonds. The summed E-state index contributed by atoms with van der Waals surface area (Å²) in [6.07, 6.45) is 0. The first-order valence-corrected chi connectivity index (χ1v) is 19.7. The predicted molar refractivity (Wildman–Crippen MR) is 86.6 cm³/mol. The van der Waals surface area contributed by atoms with E-state index < -0.39 is 8.70 Å². The molecular formula is C8H21GeN3S4. The van der Waals surface area contributed by atoms with Gasteiger partial charge in [0, 0.05) is 0 Å². The molecule has 8 heteroatoms. The van der Waals surface area contributed by atoms with E-state index in [0.29, 0.717) is 0 Å². The minimum absolute atomic E-state index is 0.806. The Kier molecular flexibility index (Phi) is 9.64. The zero-order valence-electron chi connectivity index (χ0n) is 9.44. The fraction of sp³-hybridized carbons (Fsp3) is 1.00. The molecule has 0 aromatic carbocycles. The number of rotatable bonds is 6. The van der Waals surface area contributed by atoms with E-state index in [2.05, 4.69) is 45.7 Å². The normalized spacial score (nSPS) is 21.4. The zero-order valence-corrected chi connectivity index (χ0v) is 14.8. The van der Waals surface area contributed by atoms with E-state index >= 15 is 0 Å². The molecule has 0 saturated carbocycles. The molecule has 1 saturated heterocycles. The first kappa shape index (κ1) is 15.9. The van der Waals surface area contributed by atoms with Gasteiger partial charge in [0.2, 0.25) is 0 Å². The summed E-state index contributed by atoms with van der Waals surface area (Å²) in [6.45, 7) is 3.93. The van der Waals surface area contributed by atoms with Crippen LogP contribution in [0.3, 0.4) is 0 Å². The number of nitrogens with two attached hydrogens (primary N) is 2. The minimum atomic E-state index is -1.89. The molecule has 0 bridgehead atoms. The molecule has 0 aromatic heterocycles. The summed E-state index contributed by atoms with van der Waals surface area (Å²) in [5, 5.41) is 3.46. The molecule has 5 N–H and O–H groups in total. The van der Waals surface area contributed by atoms with Gasteiger partial charge in [-0.05, 0) is 0 Å². The van der Waals surface area contributed by atoms with Crippen molar-refractivity contribution in [1.82, 2.24) is 5.32 Å². The third-order valence-electron chi connectivity index (χ3n) is 1.91. The maximum absolute atomic E-state index is 5.65. The monoisotopic (exact) mass is 361 g/mol. The zero-order chi connectivity index (χ0) is 11.7. The van der Waals surface area contributed by atoms with Gasteiger partial charge in [-0.1, -0.05) is 0 Å². The molecule has 3 nitrogen and oxygen atoms in total. The van der Waals surface area contributed by atoms with Gasteiger partial charge in [0.15, 0.2) is 0 Å². The van der Waals surface area contributed by atoms with Gasteiger partial charge in [-0.15, -0.1) is 0 Å². The molecule has 1 fully saturated rings. The quantitative estimate of drug-likeness (QED) is 0.608. The van der Waals surface area contributed by atoms with E-state index in [1.165, 1.54) is 11.5 Å². The van der Waals surface area contributed by atoms with Crippen LogP contribution in [0, 0.1) is 0 Å². The van der Waals surface area contributed by atoms with Crippen molar-refractivity contribution < 1.29 is 0 Å². The van der Waals surface area contributed by atoms with Crippen molar-refractivity contribution >= 4 is 49.0 Å². The molecule has 1 aliphatic heterocycles. The summed E-state index contributed by atoms with van der Waals surface area (Å²) in [7, 11) is 6.92. The van der Waals surface area contributed by atoms with E-state index in [0.717, 1.165) is 37.7 Å². The molecule has 1 rings (SSSR count). The Hall–Kier alpha value is 1.82. The molecule has 0 aromatic rings. The summed E-state index contributed by atoms with van der Waals surface area (Å²) < 4.78 is 0. The van der Waals surface area contributed by atoms with Crippen molar-refractivity contribution in [3.63, 3.8) is 0 Å². The van der Waals surface area contributed by atoms with Crippen LogP contribution in [0.2, 0.25) is 0 Å². The molecule has 0 spiro atoms. The SMILES string of the molecule is NCC[S][Ge]1([S]CCN)[S]CCNCC[S]1. The van der Waals surface area contributed by atoms with Crippen LogP contribution in [0.4, 0.5) is 0 Å². The summed E-state index contributed by atoms with van der Waals surface area (Å²) in [5.41, 5.74) is 11.3. The van der Waals surface area contributed by atoms with Crippen molar-refractivity contribution in [1.29, 1.82) is 0 Å². The number of nitrogens with one attached hydrogen (secondary N) is 1. The van der Waals surface area contributed by atoms with Gasteiger partial charge in [-0.3, -0.25) is 0 Å². The Morgan fingerprint density at radius 3 is 1.94 bits per heavy atom. The average Bonchev–Trinajstić information content (AvgIpc) is 2.27. The van der Waals surface area contributed by atoms with Crippen molar-refractivity contribution in [2.75, 3.05) is 49.2 Å². The second-order valence-electron chi connectivity index (χ2n) is 3.22. The molecule has 1 heterocycles. The molecule has 1 aliphatic rings.